The summed E-state index contributed by atoms with van der Waals surface area (Å²) in [5.41, 5.74) is 4.61. The van der Waals surface area contributed by atoms with Crippen molar-refractivity contribution in [1.29, 1.82) is 0 Å². The predicted octanol–water partition coefficient (Wildman–Crippen LogP) is 3.99. The van der Waals surface area contributed by atoms with E-state index in [1.807, 2.05) is 11.8 Å². The van der Waals surface area contributed by atoms with Gasteiger partial charge in [-0.15, -0.1) is 11.8 Å². The van der Waals surface area contributed by atoms with E-state index in [9.17, 15) is 0 Å². The lowest BCUT2D eigenvalue weighted by molar-refractivity contribution is 0.163. The van der Waals surface area contributed by atoms with E-state index < -0.39 is 0 Å². The number of hydrogen-bond donors (Lipinski definition) is 0. The van der Waals surface area contributed by atoms with Crippen LogP contribution < -0.4 is 0 Å². The lowest BCUT2D eigenvalue weighted by Gasteiger charge is -2.24. The zero-order valence-electron chi connectivity index (χ0n) is 13.7. The van der Waals surface area contributed by atoms with Crippen molar-refractivity contribution < 1.29 is 0 Å². The number of hydrogen-bond acceptors (Lipinski definition) is 3. The molecule has 0 amide bonds. The number of allylic oxidation sites excluding steroid dienone is 5. The van der Waals surface area contributed by atoms with E-state index in [2.05, 4.69) is 77.6 Å². The first-order valence-electron chi connectivity index (χ1n) is 8.82. The first kappa shape index (κ1) is 13.7. The Balaban J connectivity index is 1.45. The zero-order chi connectivity index (χ0) is 15.8. The van der Waals surface area contributed by atoms with Crippen molar-refractivity contribution in [2.75, 3.05) is 7.05 Å². The molecule has 0 bridgehead atoms. The van der Waals surface area contributed by atoms with Gasteiger partial charge < -0.3 is 0 Å². The molecule has 6 rings (SSSR count). The minimum absolute atomic E-state index is 0.430. The standard InChI is InChI=1S/C21H20N2S/c1-22-17-7-3-4-8-18(17)23-12-13-10-20-16(11-15(13)21(22)23)14-6-2-5-9-19(14)24-20/h2-11,14,17-19,21H,12H2,1H3. The molecule has 3 heterocycles. The van der Waals surface area contributed by atoms with Crippen LogP contribution in [0.4, 0.5) is 0 Å². The first-order chi connectivity index (χ1) is 11.8. The summed E-state index contributed by atoms with van der Waals surface area (Å²) in [6.07, 6.45) is 18.7. The van der Waals surface area contributed by atoms with Crippen LogP contribution in [-0.4, -0.2) is 34.2 Å². The molecule has 0 saturated carbocycles. The van der Waals surface area contributed by atoms with Gasteiger partial charge in [-0.3, -0.25) is 9.80 Å². The second-order valence-corrected chi connectivity index (χ2v) is 8.65. The van der Waals surface area contributed by atoms with Crippen molar-refractivity contribution in [2.24, 2.45) is 0 Å². The van der Waals surface area contributed by atoms with Gasteiger partial charge in [-0.1, -0.05) is 54.7 Å². The Morgan fingerprint density at radius 1 is 0.917 bits per heavy atom. The Morgan fingerprint density at radius 2 is 1.71 bits per heavy atom. The molecule has 2 nitrogen and oxygen atoms in total. The van der Waals surface area contributed by atoms with Gasteiger partial charge in [0.1, 0.15) is 0 Å². The highest BCUT2D eigenvalue weighted by atomic mass is 32.2. The Kier molecular flexibility index (Phi) is 2.71. The van der Waals surface area contributed by atoms with E-state index in [-0.39, 0.29) is 0 Å². The Morgan fingerprint density at radius 3 is 2.62 bits per heavy atom. The van der Waals surface area contributed by atoms with Gasteiger partial charge in [0.2, 0.25) is 0 Å². The molecule has 5 unspecified atom stereocenters. The fraction of sp³-hybridized carbons (Fsp3) is 0.333. The van der Waals surface area contributed by atoms with Gasteiger partial charge in [-0.2, -0.15) is 0 Å². The van der Waals surface area contributed by atoms with Crippen LogP contribution in [0.2, 0.25) is 0 Å². The lowest BCUT2D eigenvalue weighted by Crippen LogP contribution is -2.34. The Hall–Kier alpha value is -1.55. The van der Waals surface area contributed by atoms with Gasteiger partial charge in [0.15, 0.2) is 0 Å². The van der Waals surface area contributed by atoms with Gasteiger partial charge in [0, 0.05) is 34.7 Å². The zero-order valence-corrected chi connectivity index (χ0v) is 14.5. The maximum absolute atomic E-state index is 2.67. The number of fused-ring (bicyclic) bond motifs is 8. The summed E-state index contributed by atoms with van der Waals surface area (Å²) < 4.78 is 0. The number of benzene rings is 1. The number of nitrogens with zero attached hydrogens (tertiary/aromatic N) is 2. The fourth-order valence-corrected chi connectivity index (χ4v) is 6.52. The molecule has 2 aliphatic carbocycles. The van der Waals surface area contributed by atoms with Crippen molar-refractivity contribution in [1.82, 2.24) is 9.80 Å². The molecule has 3 aliphatic heterocycles. The van der Waals surface area contributed by atoms with E-state index in [0.29, 0.717) is 29.4 Å². The highest BCUT2D eigenvalue weighted by molar-refractivity contribution is 8.00. The van der Waals surface area contributed by atoms with Crippen molar-refractivity contribution in [3.05, 3.63) is 77.4 Å². The SMILES string of the molecule is CN1C2C=CC=CC2N2Cc3cc4c(cc3C12)C1C=CC=CC1S4. The molecule has 0 spiro atoms. The minimum Gasteiger partial charge on any atom is -0.279 e. The molecule has 3 heteroatoms. The number of rotatable bonds is 0. The van der Waals surface area contributed by atoms with Gasteiger partial charge in [-0.05, 0) is 29.8 Å². The molecule has 120 valence electrons. The van der Waals surface area contributed by atoms with Gasteiger partial charge in [0.25, 0.3) is 0 Å². The molecule has 1 saturated heterocycles. The molecule has 0 N–H and O–H groups in total. The topological polar surface area (TPSA) is 6.48 Å². The number of thioether (sulfide) groups is 1. The average Bonchev–Trinajstić information content (AvgIpc) is 3.24. The van der Waals surface area contributed by atoms with Crippen LogP contribution in [-0.2, 0) is 6.54 Å². The monoisotopic (exact) mass is 332 g/mol. The second kappa shape index (κ2) is 4.75. The van der Waals surface area contributed by atoms with E-state index in [1.165, 1.54) is 16.0 Å². The van der Waals surface area contributed by atoms with Gasteiger partial charge in [0.05, 0.1) is 6.17 Å². The van der Waals surface area contributed by atoms with Crippen molar-refractivity contribution in [2.45, 2.75) is 40.9 Å². The third-order valence-electron chi connectivity index (χ3n) is 6.24. The average molecular weight is 332 g/mol. The van der Waals surface area contributed by atoms with Crippen molar-refractivity contribution in [3.63, 3.8) is 0 Å². The summed E-state index contributed by atoms with van der Waals surface area (Å²) in [6, 6.07) is 6.04. The molecule has 5 aliphatic rings. The van der Waals surface area contributed by atoms with Crippen LogP contribution in [0, 0.1) is 0 Å². The van der Waals surface area contributed by atoms with E-state index in [0.717, 1.165) is 6.54 Å². The van der Waals surface area contributed by atoms with Crippen molar-refractivity contribution in [3.8, 4) is 0 Å². The quantitative estimate of drug-likeness (QED) is 0.709. The molecule has 0 aromatic heterocycles. The summed E-state index contributed by atoms with van der Waals surface area (Å²) >= 11 is 2.04. The van der Waals surface area contributed by atoms with Gasteiger partial charge in [-0.25, -0.2) is 0 Å². The van der Waals surface area contributed by atoms with Gasteiger partial charge >= 0.3 is 0 Å². The van der Waals surface area contributed by atoms with Crippen LogP contribution in [0.1, 0.15) is 28.8 Å². The lowest BCUT2D eigenvalue weighted by atomic mass is 9.90. The number of likely N-dealkylation sites (N-methyl/N-ethyl adjacent to an activating group) is 1. The van der Waals surface area contributed by atoms with Crippen LogP contribution in [0.3, 0.4) is 0 Å². The molecule has 1 aromatic carbocycles. The summed E-state index contributed by atoms with van der Waals surface area (Å²) in [7, 11) is 2.29. The Labute approximate surface area is 147 Å². The van der Waals surface area contributed by atoms with E-state index in [1.54, 1.807) is 5.56 Å². The summed E-state index contributed by atoms with van der Waals surface area (Å²) in [5.74, 6) is 0.558. The van der Waals surface area contributed by atoms with Crippen LogP contribution in [0.5, 0.6) is 0 Å². The van der Waals surface area contributed by atoms with E-state index >= 15 is 0 Å². The third-order valence-corrected chi connectivity index (χ3v) is 7.57. The van der Waals surface area contributed by atoms with Crippen molar-refractivity contribution >= 4 is 11.8 Å². The molecule has 1 fully saturated rings. The maximum Gasteiger partial charge on any atom is 0.0900 e. The van der Waals surface area contributed by atoms with Crippen LogP contribution in [0.15, 0.2) is 65.6 Å². The molecule has 1 aromatic rings. The third kappa shape index (κ3) is 1.65. The largest absolute Gasteiger partial charge is 0.279 e. The van der Waals surface area contributed by atoms with Crippen LogP contribution in [0.25, 0.3) is 0 Å². The molecule has 0 radical (unpaired) electrons. The summed E-state index contributed by atoms with van der Waals surface area (Å²) in [5, 5.41) is 0.596. The normalized spacial score (nSPS) is 38.1. The molecular formula is C21H20N2S. The summed E-state index contributed by atoms with van der Waals surface area (Å²) in [6.45, 7) is 1.08. The highest BCUT2D eigenvalue weighted by Gasteiger charge is 2.49. The molecule has 24 heavy (non-hydrogen) atoms. The predicted molar refractivity (Wildman–Crippen MR) is 99.0 cm³/mol. The summed E-state index contributed by atoms with van der Waals surface area (Å²) in [4.78, 5) is 6.72. The molecule has 5 atom stereocenters. The smallest absolute Gasteiger partial charge is 0.0900 e. The maximum atomic E-state index is 2.67. The van der Waals surface area contributed by atoms with E-state index in [4.69, 9.17) is 0 Å². The second-order valence-electron chi connectivity index (χ2n) is 7.43. The first-order valence-corrected chi connectivity index (χ1v) is 9.70. The molecular weight excluding hydrogens is 312 g/mol. The fourth-order valence-electron chi connectivity index (χ4n) is 5.14. The van der Waals surface area contributed by atoms with Crippen LogP contribution >= 0.6 is 11.8 Å². The Bertz CT molecular complexity index is 850. The highest BCUT2D eigenvalue weighted by Crippen LogP contribution is 2.53. The minimum atomic E-state index is 0.430.